The van der Waals surface area contributed by atoms with E-state index < -0.39 is 0 Å². The Morgan fingerprint density at radius 2 is 1.85 bits per heavy atom. The van der Waals surface area contributed by atoms with Gasteiger partial charge in [0.2, 0.25) is 0 Å². The van der Waals surface area contributed by atoms with Gasteiger partial charge in [0.25, 0.3) is 0 Å². The lowest BCUT2D eigenvalue weighted by Crippen LogP contribution is -2.49. The summed E-state index contributed by atoms with van der Waals surface area (Å²) in [6.45, 7) is 8.24. The highest BCUT2D eigenvalue weighted by molar-refractivity contribution is 14.0. The van der Waals surface area contributed by atoms with E-state index >= 15 is 0 Å². The van der Waals surface area contributed by atoms with E-state index in [2.05, 4.69) is 57.4 Å². The van der Waals surface area contributed by atoms with Gasteiger partial charge in [0.1, 0.15) is 0 Å². The molecule has 1 N–H and O–H groups in total. The van der Waals surface area contributed by atoms with Gasteiger partial charge in [-0.3, -0.25) is 4.99 Å². The molecule has 1 saturated carbocycles. The minimum Gasteiger partial charge on any atom is -0.356 e. The lowest BCUT2D eigenvalue weighted by atomic mass is 9.82. The van der Waals surface area contributed by atoms with Crippen molar-refractivity contribution in [1.82, 2.24) is 15.1 Å². The zero-order valence-corrected chi connectivity index (χ0v) is 19.1. The van der Waals surface area contributed by atoms with Gasteiger partial charge in [0, 0.05) is 39.3 Å². The summed E-state index contributed by atoms with van der Waals surface area (Å²) in [5.74, 6) is 3.22. The number of aliphatic imine (C=N–C) groups is 1. The van der Waals surface area contributed by atoms with Crippen LogP contribution >= 0.6 is 24.0 Å². The minimum absolute atomic E-state index is 0. The van der Waals surface area contributed by atoms with E-state index in [0.717, 1.165) is 37.6 Å². The molecule has 0 bridgehead atoms. The summed E-state index contributed by atoms with van der Waals surface area (Å²) in [6, 6.07) is 11.9. The molecule has 2 heterocycles. The van der Waals surface area contributed by atoms with Crippen molar-refractivity contribution in [1.29, 1.82) is 0 Å². The van der Waals surface area contributed by atoms with Crippen LogP contribution in [-0.4, -0.2) is 61.6 Å². The molecule has 1 aromatic rings. The van der Waals surface area contributed by atoms with Crippen LogP contribution in [0.4, 0.5) is 0 Å². The SMILES string of the molecule is CN=C(NCC1CCN(C2CC2)C1)N1CCC(c2ccccc2)C(C)C1.I. The first-order valence-electron chi connectivity index (χ1n) is 10.5. The second kappa shape index (κ2) is 9.59. The largest absolute Gasteiger partial charge is 0.356 e. The maximum atomic E-state index is 4.59. The van der Waals surface area contributed by atoms with Crippen LogP contribution in [0.5, 0.6) is 0 Å². The Labute approximate surface area is 181 Å². The third-order valence-corrected chi connectivity index (χ3v) is 6.57. The summed E-state index contributed by atoms with van der Waals surface area (Å²) >= 11 is 0. The van der Waals surface area contributed by atoms with Crippen LogP contribution in [0.25, 0.3) is 0 Å². The van der Waals surface area contributed by atoms with Gasteiger partial charge in [-0.15, -0.1) is 24.0 Å². The molecule has 1 aliphatic carbocycles. The smallest absolute Gasteiger partial charge is 0.193 e. The number of hydrogen-bond donors (Lipinski definition) is 1. The molecule has 1 aromatic carbocycles. The number of nitrogens with one attached hydrogen (secondary N) is 1. The molecule has 3 fully saturated rings. The van der Waals surface area contributed by atoms with Gasteiger partial charge >= 0.3 is 0 Å². The molecule has 3 atom stereocenters. The van der Waals surface area contributed by atoms with E-state index in [0.29, 0.717) is 11.8 Å². The molecule has 150 valence electrons. The molecular formula is C22H35IN4. The molecule has 4 rings (SSSR count). The van der Waals surface area contributed by atoms with Gasteiger partial charge in [-0.2, -0.15) is 0 Å². The second-order valence-electron chi connectivity index (χ2n) is 8.54. The number of benzene rings is 1. The first kappa shape index (κ1) is 20.9. The standard InChI is InChI=1S/C22H34N4.HI/c1-17-15-26(13-11-21(17)19-6-4-3-5-7-19)22(23-2)24-14-18-10-12-25(16-18)20-8-9-20;/h3-7,17-18,20-21H,8-16H2,1-2H3,(H,23,24);1H. The minimum atomic E-state index is 0. The molecule has 3 unspecified atom stereocenters. The van der Waals surface area contributed by atoms with Crippen LogP contribution < -0.4 is 5.32 Å². The Bertz CT molecular complexity index is 616. The second-order valence-corrected chi connectivity index (χ2v) is 8.54. The predicted octanol–water partition coefficient (Wildman–Crippen LogP) is 3.79. The highest BCUT2D eigenvalue weighted by atomic mass is 127. The van der Waals surface area contributed by atoms with Crippen molar-refractivity contribution in [2.45, 2.75) is 44.6 Å². The number of rotatable bonds is 4. The maximum Gasteiger partial charge on any atom is 0.193 e. The van der Waals surface area contributed by atoms with E-state index in [9.17, 15) is 0 Å². The first-order valence-corrected chi connectivity index (χ1v) is 10.5. The number of guanidine groups is 1. The van der Waals surface area contributed by atoms with E-state index in [1.807, 2.05) is 7.05 Å². The summed E-state index contributed by atoms with van der Waals surface area (Å²) in [4.78, 5) is 9.76. The van der Waals surface area contributed by atoms with Gasteiger partial charge in [0.05, 0.1) is 0 Å². The van der Waals surface area contributed by atoms with E-state index in [1.54, 1.807) is 0 Å². The number of hydrogen-bond acceptors (Lipinski definition) is 2. The zero-order valence-electron chi connectivity index (χ0n) is 16.8. The summed E-state index contributed by atoms with van der Waals surface area (Å²) in [5.41, 5.74) is 1.49. The topological polar surface area (TPSA) is 30.9 Å². The Morgan fingerprint density at radius 3 is 2.52 bits per heavy atom. The van der Waals surface area contributed by atoms with Crippen LogP contribution in [0, 0.1) is 11.8 Å². The Kier molecular flexibility index (Phi) is 7.42. The summed E-state index contributed by atoms with van der Waals surface area (Å²) in [7, 11) is 1.93. The summed E-state index contributed by atoms with van der Waals surface area (Å²) < 4.78 is 0. The van der Waals surface area contributed by atoms with Crippen molar-refractivity contribution in [3.63, 3.8) is 0 Å². The maximum absolute atomic E-state index is 4.59. The summed E-state index contributed by atoms with van der Waals surface area (Å²) in [5, 5.41) is 3.69. The molecule has 0 radical (unpaired) electrons. The highest BCUT2D eigenvalue weighted by Crippen LogP contribution is 2.33. The Hall–Kier alpha value is -0.820. The van der Waals surface area contributed by atoms with Gasteiger partial charge in [-0.25, -0.2) is 0 Å². The van der Waals surface area contributed by atoms with Crippen molar-refractivity contribution in [2.24, 2.45) is 16.8 Å². The van der Waals surface area contributed by atoms with Crippen LogP contribution in [0.15, 0.2) is 35.3 Å². The molecule has 2 saturated heterocycles. The fourth-order valence-corrected chi connectivity index (χ4v) is 4.90. The van der Waals surface area contributed by atoms with Gasteiger partial charge in [-0.05, 0) is 55.5 Å². The van der Waals surface area contributed by atoms with Crippen molar-refractivity contribution >= 4 is 29.9 Å². The number of likely N-dealkylation sites (tertiary alicyclic amines) is 2. The molecule has 5 heteroatoms. The monoisotopic (exact) mass is 482 g/mol. The zero-order chi connectivity index (χ0) is 17.9. The van der Waals surface area contributed by atoms with Crippen LogP contribution in [0.3, 0.4) is 0 Å². The van der Waals surface area contributed by atoms with Crippen molar-refractivity contribution in [3.8, 4) is 0 Å². The quantitative estimate of drug-likeness (QED) is 0.403. The molecule has 0 spiro atoms. The Morgan fingerprint density at radius 1 is 1.07 bits per heavy atom. The fraction of sp³-hybridized carbons (Fsp3) is 0.682. The molecule has 3 aliphatic rings. The van der Waals surface area contributed by atoms with Crippen LogP contribution in [0.2, 0.25) is 0 Å². The molecule has 0 aromatic heterocycles. The van der Waals surface area contributed by atoms with E-state index in [4.69, 9.17) is 0 Å². The average Bonchev–Trinajstić information content (AvgIpc) is 3.42. The highest BCUT2D eigenvalue weighted by Gasteiger charge is 2.34. The van der Waals surface area contributed by atoms with Gasteiger partial charge in [-0.1, -0.05) is 37.3 Å². The molecular weight excluding hydrogens is 447 g/mol. The van der Waals surface area contributed by atoms with Crippen molar-refractivity contribution < 1.29 is 0 Å². The van der Waals surface area contributed by atoms with Crippen molar-refractivity contribution in [2.75, 3.05) is 39.8 Å². The summed E-state index contributed by atoms with van der Waals surface area (Å²) in [6.07, 6.45) is 5.41. The fourth-order valence-electron chi connectivity index (χ4n) is 4.90. The number of piperidine rings is 1. The molecule has 0 amide bonds. The van der Waals surface area contributed by atoms with Crippen LogP contribution in [0.1, 0.15) is 44.1 Å². The molecule has 27 heavy (non-hydrogen) atoms. The molecule has 2 aliphatic heterocycles. The number of nitrogens with zero attached hydrogens (tertiary/aromatic N) is 3. The lowest BCUT2D eigenvalue weighted by molar-refractivity contribution is 0.233. The average molecular weight is 482 g/mol. The van der Waals surface area contributed by atoms with E-state index in [1.165, 1.54) is 44.3 Å². The third kappa shape index (κ3) is 5.17. The van der Waals surface area contributed by atoms with Gasteiger partial charge < -0.3 is 15.1 Å². The molecule has 4 nitrogen and oxygen atoms in total. The third-order valence-electron chi connectivity index (χ3n) is 6.57. The van der Waals surface area contributed by atoms with Crippen molar-refractivity contribution in [3.05, 3.63) is 35.9 Å². The van der Waals surface area contributed by atoms with Crippen LogP contribution in [-0.2, 0) is 0 Å². The first-order chi connectivity index (χ1) is 12.7. The normalized spacial score (nSPS) is 29.5. The lowest BCUT2D eigenvalue weighted by Gasteiger charge is -2.39. The van der Waals surface area contributed by atoms with Gasteiger partial charge in [0.15, 0.2) is 5.96 Å². The van der Waals surface area contributed by atoms with E-state index in [-0.39, 0.29) is 24.0 Å². The predicted molar refractivity (Wildman–Crippen MR) is 124 cm³/mol. The Balaban J connectivity index is 0.00000210. The number of halogens is 1.